The molecule has 21 heavy (non-hydrogen) atoms. The van der Waals surface area contributed by atoms with Crippen molar-refractivity contribution in [3.63, 3.8) is 0 Å². The van der Waals surface area contributed by atoms with Crippen LogP contribution in [0.15, 0.2) is 24.3 Å². The second-order valence-electron chi connectivity index (χ2n) is 5.87. The van der Waals surface area contributed by atoms with Gasteiger partial charge in [0, 0.05) is 32.7 Å². The summed E-state index contributed by atoms with van der Waals surface area (Å²) in [6.45, 7) is 6.45. The molecule has 0 radical (unpaired) electrons. The third kappa shape index (κ3) is 3.29. The number of piperazine rings is 1. The van der Waals surface area contributed by atoms with Gasteiger partial charge in [-0.05, 0) is 12.5 Å². The third-order valence-electron chi connectivity index (χ3n) is 4.21. The summed E-state index contributed by atoms with van der Waals surface area (Å²) in [5.41, 5.74) is 2.55. The average Bonchev–Trinajstić information content (AvgIpc) is 2.36. The SMILES string of the molecule is Cc1cccc(CN2CCN(S(=O)(=O)C3COC3)CC2)c1. The van der Waals surface area contributed by atoms with Gasteiger partial charge in [0.1, 0.15) is 5.25 Å². The van der Waals surface area contributed by atoms with E-state index in [4.69, 9.17) is 4.74 Å². The van der Waals surface area contributed by atoms with Crippen molar-refractivity contribution >= 4 is 10.0 Å². The number of rotatable bonds is 4. The predicted octanol–water partition coefficient (Wildman–Crippen LogP) is 0.841. The van der Waals surface area contributed by atoms with E-state index in [1.807, 2.05) is 0 Å². The summed E-state index contributed by atoms with van der Waals surface area (Å²) in [4.78, 5) is 2.32. The Morgan fingerprint density at radius 3 is 2.48 bits per heavy atom. The average molecular weight is 310 g/mol. The van der Waals surface area contributed by atoms with Gasteiger partial charge in [-0.3, -0.25) is 4.90 Å². The van der Waals surface area contributed by atoms with Crippen molar-refractivity contribution in [1.82, 2.24) is 9.21 Å². The highest BCUT2D eigenvalue weighted by Crippen LogP contribution is 2.19. The molecule has 1 aromatic rings. The second-order valence-corrected chi connectivity index (χ2v) is 8.08. The molecule has 6 heteroatoms. The molecule has 116 valence electrons. The molecule has 2 aliphatic rings. The molecule has 5 nitrogen and oxygen atoms in total. The first-order chi connectivity index (χ1) is 10.1. The number of nitrogens with zero attached hydrogens (tertiary/aromatic N) is 2. The fraction of sp³-hybridized carbons (Fsp3) is 0.600. The summed E-state index contributed by atoms with van der Waals surface area (Å²) in [6.07, 6.45) is 0. The third-order valence-corrected chi connectivity index (χ3v) is 6.41. The predicted molar refractivity (Wildman–Crippen MR) is 81.6 cm³/mol. The quantitative estimate of drug-likeness (QED) is 0.827. The van der Waals surface area contributed by atoms with Crippen LogP contribution in [0.1, 0.15) is 11.1 Å². The molecule has 0 amide bonds. The fourth-order valence-electron chi connectivity index (χ4n) is 2.81. The summed E-state index contributed by atoms with van der Waals surface area (Å²) < 4.78 is 31.2. The van der Waals surface area contributed by atoms with E-state index in [0.29, 0.717) is 26.3 Å². The molecule has 2 heterocycles. The maximum Gasteiger partial charge on any atom is 0.221 e. The van der Waals surface area contributed by atoms with Crippen LogP contribution in [0.25, 0.3) is 0 Å². The van der Waals surface area contributed by atoms with E-state index in [-0.39, 0.29) is 5.25 Å². The summed E-state index contributed by atoms with van der Waals surface area (Å²) in [6, 6.07) is 8.48. The molecule has 0 N–H and O–H groups in total. The fourth-order valence-corrected chi connectivity index (χ4v) is 4.44. The lowest BCUT2D eigenvalue weighted by Gasteiger charge is -2.37. The first-order valence-corrected chi connectivity index (χ1v) is 8.90. The Morgan fingerprint density at radius 2 is 1.90 bits per heavy atom. The van der Waals surface area contributed by atoms with Crippen molar-refractivity contribution in [3.05, 3.63) is 35.4 Å². The van der Waals surface area contributed by atoms with E-state index in [1.165, 1.54) is 11.1 Å². The van der Waals surface area contributed by atoms with Crippen molar-refractivity contribution in [1.29, 1.82) is 0 Å². The first kappa shape index (κ1) is 15.0. The lowest BCUT2D eigenvalue weighted by molar-refractivity contribution is 0.0381. The maximum absolute atomic E-state index is 12.3. The molecule has 0 bridgehead atoms. The Balaban J connectivity index is 1.55. The normalized spacial score (nSPS) is 22.1. The highest BCUT2D eigenvalue weighted by Gasteiger charge is 2.38. The minimum atomic E-state index is -3.15. The highest BCUT2D eigenvalue weighted by atomic mass is 32.2. The summed E-state index contributed by atoms with van der Waals surface area (Å²) in [5, 5.41) is -0.319. The number of hydrogen-bond donors (Lipinski definition) is 0. The van der Waals surface area contributed by atoms with Crippen molar-refractivity contribution in [2.24, 2.45) is 0 Å². The second kappa shape index (κ2) is 6.04. The molecule has 0 saturated carbocycles. The zero-order chi connectivity index (χ0) is 14.9. The summed E-state index contributed by atoms with van der Waals surface area (Å²) >= 11 is 0. The molecule has 0 aliphatic carbocycles. The number of aryl methyl sites for hydroxylation is 1. The summed E-state index contributed by atoms with van der Waals surface area (Å²) in [5.74, 6) is 0. The zero-order valence-electron chi connectivity index (χ0n) is 12.4. The standard InChI is InChI=1S/C15H22N2O3S/c1-13-3-2-4-14(9-13)10-16-5-7-17(8-6-16)21(18,19)15-11-20-12-15/h2-4,9,15H,5-8,10-12H2,1H3. The lowest BCUT2D eigenvalue weighted by atomic mass is 10.1. The molecule has 0 spiro atoms. The van der Waals surface area contributed by atoms with Crippen molar-refractivity contribution in [2.45, 2.75) is 18.7 Å². The number of hydrogen-bond acceptors (Lipinski definition) is 4. The molecule has 3 rings (SSSR count). The van der Waals surface area contributed by atoms with E-state index >= 15 is 0 Å². The van der Waals surface area contributed by atoms with Crippen LogP contribution in [0.2, 0.25) is 0 Å². The van der Waals surface area contributed by atoms with E-state index in [1.54, 1.807) is 4.31 Å². The molecule has 0 aromatic heterocycles. The van der Waals surface area contributed by atoms with Gasteiger partial charge in [-0.2, -0.15) is 4.31 Å². The van der Waals surface area contributed by atoms with Gasteiger partial charge < -0.3 is 4.74 Å². The van der Waals surface area contributed by atoms with Crippen LogP contribution in [0.5, 0.6) is 0 Å². The van der Waals surface area contributed by atoms with Crippen LogP contribution >= 0.6 is 0 Å². The Morgan fingerprint density at radius 1 is 1.19 bits per heavy atom. The van der Waals surface area contributed by atoms with Gasteiger partial charge in [0.05, 0.1) is 13.2 Å². The molecule has 2 aliphatic heterocycles. The van der Waals surface area contributed by atoms with Gasteiger partial charge >= 0.3 is 0 Å². The van der Waals surface area contributed by atoms with Crippen LogP contribution in [0.3, 0.4) is 0 Å². The highest BCUT2D eigenvalue weighted by molar-refractivity contribution is 7.89. The molecular weight excluding hydrogens is 288 g/mol. The molecule has 2 fully saturated rings. The summed E-state index contributed by atoms with van der Waals surface area (Å²) in [7, 11) is -3.15. The van der Waals surface area contributed by atoms with Crippen molar-refractivity contribution < 1.29 is 13.2 Å². The van der Waals surface area contributed by atoms with E-state index in [0.717, 1.165) is 19.6 Å². The maximum atomic E-state index is 12.3. The first-order valence-electron chi connectivity index (χ1n) is 7.40. The van der Waals surface area contributed by atoms with Gasteiger partial charge in [0.15, 0.2) is 0 Å². The van der Waals surface area contributed by atoms with Crippen LogP contribution in [0, 0.1) is 6.92 Å². The lowest BCUT2D eigenvalue weighted by Crippen LogP contribution is -2.54. The topological polar surface area (TPSA) is 49.9 Å². The Kier molecular flexibility index (Phi) is 4.31. The van der Waals surface area contributed by atoms with E-state index in [2.05, 4.69) is 36.1 Å². The van der Waals surface area contributed by atoms with Crippen LogP contribution in [-0.2, 0) is 21.3 Å². The van der Waals surface area contributed by atoms with Gasteiger partial charge in [-0.25, -0.2) is 8.42 Å². The molecule has 0 unspecified atom stereocenters. The molecular formula is C15H22N2O3S. The van der Waals surface area contributed by atoms with Gasteiger partial charge in [-0.15, -0.1) is 0 Å². The van der Waals surface area contributed by atoms with Gasteiger partial charge in [0.25, 0.3) is 0 Å². The number of sulfonamides is 1. The van der Waals surface area contributed by atoms with E-state index < -0.39 is 10.0 Å². The smallest absolute Gasteiger partial charge is 0.221 e. The van der Waals surface area contributed by atoms with Crippen LogP contribution in [0.4, 0.5) is 0 Å². The van der Waals surface area contributed by atoms with Crippen LogP contribution < -0.4 is 0 Å². The Labute approximate surface area is 126 Å². The Hall–Kier alpha value is -0.950. The minimum Gasteiger partial charge on any atom is -0.378 e. The van der Waals surface area contributed by atoms with Crippen LogP contribution in [-0.4, -0.2) is 62.3 Å². The van der Waals surface area contributed by atoms with E-state index in [9.17, 15) is 8.42 Å². The largest absolute Gasteiger partial charge is 0.378 e. The monoisotopic (exact) mass is 310 g/mol. The molecule has 0 atom stereocenters. The van der Waals surface area contributed by atoms with Gasteiger partial charge in [-0.1, -0.05) is 29.8 Å². The molecule has 2 saturated heterocycles. The number of benzene rings is 1. The van der Waals surface area contributed by atoms with Crippen molar-refractivity contribution in [3.8, 4) is 0 Å². The molecule has 1 aromatic carbocycles. The Bertz CT molecular complexity index is 591. The zero-order valence-corrected chi connectivity index (χ0v) is 13.2. The minimum absolute atomic E-state index is 0.319. The van der Waals surface area contributed by atoms with Gasteiger partial charge in [0.2, 0.25) is 10.0 Å². The van der Waals surface area contributed by atoms with Crippen molar-refractivity contribution in [2.75, 3.05) is 39.4 Å². The number of ether oxygens (including phenoxy) is 1.